The van der Waals surface area contributed by atoms with Gasteiger partial charge in [-0.2, -0.15) is 0 Å². The Kier molecular flexibility index (Phi) is 6.66. The fourth-order valence-electron chi connectivity index (χ4n) is 3.83. The highest BCUT2D eigenvalue weighted by atomic mass is 15.1. The van der Waals surface area contributed by atoms with E-state index in [0.717, 1.165) is 17.9 Å². The first-order valence-electron chi connectivity index (χ1n) is 8.73. The molecule has 0 aromatic heterocycles. The summed E-state index contributed by atoms with van der Waals surface area (Å²) in [6, 6.07) is 0.803. The van der Waals surface area contributed by atoms with Crippen LogP contribution in [0.3, 0.4) is 0 Å². The lowest BCUT2D eigenvalue weighted by Gasteiger charge is -2.23. The Bertz CT molecular complexity index is 235. The SMILES string of the molecule is CCC1CCCC(NCC(C)CN2CCCC2)CC1. The molecular weight excluding hydrogens is 232 g/mol. The zero-order chi connectivity index (χ0) is 13.5. The van der Waals surface area contributed by atoms with Crippen LogP contribution in [0.1, 0.15) is 65.2 Å². The maximum Gasteiger partial charge on any atom is 0.00672 e. The number of nitrogens with zero attached hydrogens (tertiary/aromatic N) is 1. The van der Waals surface area contributed by atoms with E-state index in [0.29, 0.717) is 0 Å². The van der Waals surface area contributed by atoms with Gasteiger partial charge < -0.3 is 10.2 Å². The summed E-state index contributed by atoms with van der Waals surface area (Å²) in [5.41, 5.74) is 0. The van der Waals surface area contributed by atoms with Gasteiger partial charge in [0.05, 0.1) is 0 Å². The van der Waals surface area contributed by atoms with Gasteiger partial charge in [0.25, 0.3) is 0 Å². The second-order valence-electron chi connectivity index (χ2n) is 7.00. The number of likely N-dealkylation sites (tertiary alicyclic amines) is 1. The minimum atomic E-state index is 0.803. The molecule has 0 aromatic carbocycles. The van der Waals surface area contributed by atoms with E-state index in [9.17, 15) is 0 Å². The second-order valence-corrected chi connectivity index (χ2v) is 7.00. The monoisotopic (exact) mass is 266 g/mol. The first-order chi connectivity index (χ1) is 9.28. The number of hydrogen-bond acceptors (Lipinski definition) is 2. The summed E-state index contributed by atoms with van der Waals surface area (Å²) in [5.74, 6) is 1.82. The lowest BCUT2D eigenvalue weighted by atomic mass is 9.98. The van der Waals surface area contributed by atoms with Gasteiger partial charge in [-0.15, -0.1) is 0 Å². The quantitative estimate of drug-likeness (QED) is 0.738. The molecule has 1 aliphatic carbocycles. The van der Waals surface area contributed by atoms with Crippen LogP contribution in [0.5, 0.6) is 0 Å². The first kappa shape index (κ1) is 15.3. The van der Waals surface area contributed by atoms with Gasteiger partial charge in [-0.3, -0.25) is 0 Å². The molecule has 1 saturated carbocycles. The minimum absolute atomic E-state index is 0.803. The summed E-state index contributed by atoms with van der Waals surface area (Å²) in [5, 5.41) is 3.85. The highest BCUT2D eigenvalue weighted by Crippen LogP contribution is 2.25. The molecular formula is C17H34N2. The first-order valence-corrected chi connectivity index (χ1v) is 8.73. The Balaban J connectivity index is 1.61. The van der Waals surface area contributed by atoms with E-state index in [2.05, 4.69) is 24.1 Å². The Hall–Kier alpha value is -0.0800. The molecule has 1 saturated heterocycles. The molecule has 0 spiro atoms. The molecule has 1 heterocycles. The molecule has 2 fully saturated rings. The van der Waals surface area contributed by atoms with E-state index in [4.69, 9.17) is 0 Å². The third-order valence-electron chi connectivity index (χ3n) is 5.19. The van der Waals surface area contributed by atoms with Crippen molar-refractivity contribution in [3.63, 3.8) is 0 Å². The van der Waals surface area contributed by atoms with Gasteiger partial charge >= 0.3 is 0 Å². The van der Waals surface area contributed by atoms with Crippen LogP contribution in [-0.4, -0.2) is 37.1 Å². The van der Waals surface area contributed by atoms with Crippen LogP contribution in [0.15, 0.2) is 0 Å². The topological polar surface area (TPSA) is 15.3 Å². The molecule has 3 unspecified atom stereocenters. The van der Waals surface area contributed by atoms with E-state index in [1.165, 1.54) is 77.5 Å². The molecule has 2 nitrogen and oxygen atoms in total. The third kappa shape index (κ3) is 5.43. The average Bonchev–Trinajstić information content (AvgIpc) is 2.80. The Morgan fingerprint density at radius 1 is 1.05 bits per heavy atom. The standard InChI is InChI=1S/C17H34N2/c1-3-16-7-6-8-17(10-9-16)18-13-15(2)14-19-11-4-5-12-19/h15-18H,3-14H2,1-2H3. The molecule has 2 rings (SSSR count). The molecule has 2 heteroatoms. The van der Waals surface area contributed by atoms with Crippen LogP contribution in [-0.2, 0) is 0 Å². The van der Waals surface area contributed by atoms with Crippen molar-refractivity contribution in [2.45, 2.75) is 71.3 Å². The normalized spacial score (nSPS) is 31.3. The number of rotatable bonds is 6. The maximum absolute atomic E-state index is 3.85. The summed E-state index contributed by atoms with van der Waals surface area (Å²) in [6.07, 6.45) is 11.4. The molecule has 0 amide bonds. The van der Waals surface area contributed by atoms with Crippen molar-refractivity contribution < 1.29 is 0 Å². The fourth-order valence-corrected chi connectivity index (χ4v) is 3.83. The van der Waals surface area contributed by atoms with Crippen LogP contribution < -0.4 is 5.32 Å². The zero-order valence-corrected chi connectivity index (χ0v) is 13.2. The minimum Gasteiger partial charge on any atom is -0.314 e. The van der Waals surface area contributed by atoms with Crippen molar-refractivity contribution in [1.82, 2.24) is 10.2 Å². The average molecular weight is 266 g/mol. The van der Waals surface area contributed by atoms with E-state index >= 15 is 0 Å². The highest BCUT2D eigenvalue weighted by molar-refractivity contribution is 4.76. The van der Waals surface area contributed by atoms with Gasteiger partial charge in [0.1, 0.15) is 0 Å². The summed E-state index contributed by atoms with van der Waals surface area (Å²) in [7, 11) is 0. The molecule has 0 aromatic rings. The highest BCUT2D eigenvalue weighted by Gasteiger charge is 2.19. The molecule has 19 heavy (non-hydrogen) atoms. The Morgan fingerprint density at radius 3 is 2.58 bits per heavy atom. The van der Waals surface area contributed by atoms with E-state index in [1.807, 2.05) is 0 Å². The largest absolute Gasteiger partial charge is 0.314 e. The molecule has 1 N–H and O–H groups in total. The van der Waals surface area contributed by atoms with E-state index in [-0.39, 0.29) is 0 Å². The molecule has 112 valence electrons. The lowest BCUT2D eigenvalue weighted by molar-refractivity contribution is 0.274. The van der Waals surface area contributed by atoms with Crippen LogP contribution in [0.4, 0.5) is 0 Å². The van der Waals surface area contributed by atoms with E-state index < -0.39 is 0 Å². The van der Waals surface area contributed by atoms with Crippen molar-refractivity contribution in [3.8, 4) is 0 Å². The Morgan fingerprint density at radius 2 is 1.84 bits per heavy atom. The van der Waals surface area contributed by atoms with Crippen molar-refractivity contribution in [3.05, 3.63) is 0 Å². The molecule has 2 aliphatic rings. The Labute approximate surface area is 120 Å². The molecule has 1 aliphatic heterocycles. The van der Waals surface area contributed by atoms with Crippen LogP contribution in [0.25, 0.3) is 0 Å². The summed E-state index contributed by atoms with van der Waals surface area (Å²) >= 11 is 0. The summed E-state index contributed by atoms with van der Waals surface area (Å²) in [4.78, 5) is 2.65. The van der Waals surface area contributed by atoms with Crippen LogP contribution >= 0.6 is 0 Å². The van der Waals surface area contributed by atoms with Crippen molar-refractivity contribution >= 4 is 0 Å². The summed E-state index contributed by atoms with van der Waals surface area (Å²) < 4.78 is 0. The van der Waals surface area contributed by atoms with Gasteiger partial charge in [0, 0.05) is 12.6 Å². The second kappa shape index (κ2) is 8.26. The van der Waals surface area contributed by atoms with Crippen LogP contribution in [0, 0.1) is 11.8 Å². The number of hydrogen-bond donors (Lipinski definition) is 1. The van der Waals surface area contributed by atoms with Crippen molar-refractivity contribution in [2.24, 2.45) is 11.8 Å². The smallest absolute Gasteiger partial charge is 0.00672 e. The van der Waals surface area contributed by atoms with Crippen molar-refractivity contribution in [2.75, 3.05) is 26.2 Å². The van der Waals surface area contributed by atoms with Crippen LogP contribution in [0.2, 0.25) is 0 Å². The molecule has 3 atom stereocenters. The maximum atomic E-state index is 3.85. The van der Waals surface area contributed by atoms with Gasteiger partial charge in [0.2, 0.25) is 0 Å². The lowest BCUT2D eigenvalue weighted by Crippen LogP contribution is -2.36. The third-order valence-corrected chi connectivity index (χ3v) is 5.19. The predicted octanol–water partition coefficient (Wildman–Crippen LogP) is 3.67. The van der Waals surface area contributed by atoms with Gasteiger partial charge in [0.15, 0.2) is 0 Å². The van der Waals surface area contributed by atoms with Crippen molar-refractivity contribution in [1.29, 1.82) is 0 Å². The fraction of sp³-hybridized carbons (Fsp3) is 1.00. The van der Waals surface area contributed by atoms with Gasteiger partial charge in [-0.25, -0.2) is 0 Å². The van der Waals surface area contributed by atoms with Gasteiger partial charge in [-0.1, -0.05) is 33.1 Å². The van der Waals surface area contributed by atoms with Gasteiger partial charge in [-0.05, 0) is 63.6 Å². The number of nitrogens with one attached hydrogen (secondary N) is 1. The van der Waals surface area contributed by atoms with E-state index in [1.54, 1.807) is 0 Å². The molecule has 0 radical (unpaired) electrons. The zero-order valence-electron chi connectivity index (χ0n) is 13.2. The predicted molar refractivity (Wildman–Crippen MR) is 83.5 cm³/mol. The summed E-state index contributed by atoms with van der Waals surface area (Å²) in [6.45, 7) is 9.97. The molecule has 0 bridgehead atoms.